The fourth-order valence-electron chi connectivity index (χ4n) is 1.84. The fourth-order valence-corrected chi connectivity index (χ4v) is 1.84. The van der Waals surface area contributed by atoms with Gasteiger partial charge in [-0.05, 0) is 20.4 Å². The molecule has 0 amide bonds. The summed E-state index contributed by atoms with van der Waals surface area (Å²) in [6.45, 7) is 4.89. The van der Waals surface area contributed by atoms with E-state index in [1.54, 1.807) is 18.7 Å². The Labute approximate surface area is 106 Å². The van der Waals surface area contributed by atoms with Gasteiger partial charge in [0.15, 0.2) is 0 Å². The van der Waals surface area contributed by atoms with Gasteiger partial charge in [-0.25, -0.2) is 9.67 Å². The van der Waals surface area contributed by atoms with Gasteiger partial charge in [0.05, 0.1) is 17.6 Å². The first kappa shape index (κ1) is 12.6. The second-order valence-corrected chi connectivity index (χ2v) is 4.15. The summed E-state index contributed by atoms with van der Waals surface area (Å²) in [7, 11) is 1.89. The van der Waals surface area contributed by atoms with Crippen LogP contribution in [0.3, 0.4) is 0 Å². The van der Waals surface area contributed by atoms with E-state index < -0.39 is 0 Å². The molecule has 2 rings (SSSR count). The maximum atomic E-state index is 4.40. The number of hydrogen-bond acceptors (Lipinski definition) is 5. The van der Waals surface area contributed by atoms with Crippen molar-refractivity contribution in [3.05, 3.63) is 35.9 Å². The molecule has 6 heteroatoms. The van der Waals surface area contributed by atoms with E-state index in [2.05, 4.69) is 32.3 Å². The summed E-state index contributed by atoms with van der Waals surface area (Å²) in [4.78, 5) is 13.0. The van der Waals surface area contributed by atoms with Crippen molar-refractivity contribution in [2.45, 2.75) is 32.9 Å². The third-order valence-electron chi connectivity index (χ3n) is 2.72. The molecule has 0 spiro atoms. The van der Waals surface area contributed by atoms with Crippen molar-refractivity contribution >= 4 is 0 Å². The van der Waals surface area contributed by atoms with E-state index in [1.165, 1.54) is 0 Å². The van der Waals surface area contributed by atoms with Crippen LogP contribution in [-0.4, -0.2) is 31.8 Å². The zero-order chi connectivity index (χ0) is 13.0. The summed E-state index contributed by atoms with van der Waals surface area (Å²) in [6.07, 6.45) is 6.14. The number of aryl methyl sites for hydroxylation is 2. The maximum Gasteiger partial charge on any atom is 0.150 e. The Morgan fingerprint density at radius 3 is 2.72 bits per heavy atom. The summed E-state index contributed by atoms with van der Waals surface area (Å²) in [5.74, 6) is 0.873. The summed E-state index contributed by atoms with van der Waals surface area (Å²) in [5, 5.41) is 7.45. The van der Waals surface area contributed by atoms with E-state index in [1.807, 2.05) is 18.7 Å². The van der Waals surface area contributed by atoms with E-state index in [9.17, 15) is 0 Å². The Morgan fingerprint density at radius 2 is 2.11 bits per heavy atom. The number of nitrogens with zero attached hydrogens (tertiary/aromatic N) is 5. The van der Waals surface area contributed by atoms with Crippen LogP contribution >= 0.6 is 0 Å². The third kappa shape index (κ3) is 2.53. The molecule has 1 atom stereocenters. The topological polar surface area (TPSA) is 68.5 Å². The van der Waals surface area contributed by atoms with Gasteiger partial charge in [-0.3, -0.25) is 9.97 Å². The van der Waals surface area contributed by atoms with E-state index in [4.69, 9.17) is 0 Å². The van der Waals surface area contributed by atoms with Crippen molar-refractivity contribution in [2.24, 2.45) is 0 Å². The molecule has 18 heavy (non-hydrogen) atoms. The SMILES string of the molecule is CCCn1ncnc1C(NC)c1cnc(C)cn1. The van der Waals surface area contributed by atoms with Gasteiger partial charge in [0, 0.05) is 12.7 Å². The van der Waals surface area contributed by atoms with E-state index in [0.717, 1.165) is 30.2 Å². The van der Waals surface area contributed by atoms with Gasteiger partial charge in [0.25, 0.3) is 0 Å². The van der Waals surface area contributed by atoms with Crippen molar-refractivity contribution in [1.82, 2.24) is 30.0 Å². The molecule has 0 saturated carbocycles. The predicted molar refractivity (Wildman–Crippen MR) is 68.0 cm³/mol. The van der Waals surface area contributed by atoms with Gasteiger partial charge in [-0.1, -0.05) is 6.92 Å². The van der Waals surface area contributed by atoms with Crippen molar-refractivity contribution in [3.63, 3.8) is 0 Å². The Balaban J connectivity index is 2.32. The van der Waals surface area contributed by atoms with E-state index in [0.29, 0.717) is 0 Å². The lowest BCUT2D eigenvalue weighted by molar-refractivity contribution is 0.519. The molecule has 6 nitrogen and oxygen atoms in total. The Bertz CT molecular complexity index is 490. The molecule has 96 valence electrons. The molecule has 0 saturated heterocycles. The first-order valence-electron chi connectivity index (χ1n) is 6.09. The third-order valence-corrected chi connectivity index (χ3v) is 2.72. The van der Waals surface area contributed by atoms with Crippen molar-refractivity contribution in [3.8, 4) is 0 Å². The molecular formula is C12H18N6. The molecule has 1 unspecified atom stereocenters. The van der Waals surface area contributed by atoms with Crippen molar-refractivity contribution in [1.29, 1.82) is 0 Å². The highest BCUT2D eigenvalue weighted by Gasteiger charge is 2.19. The highest BCUT2D eigenvalue weighted by atomic mass is 15.3. The van der Waals surface area contributed by atoms with Crippen LogP contribution in [0.15, 0.2) is 18.7 Å². The highest BCUT2D eigenvalue weighted by molar-refractivity contribution is 5.14. The normalized spacial score (nSPS) is 12.6. The minimum absolute atomic E-state index is 0.0767. The molecule has 2 heterocycles. The van der Waals surface area contributed by atoms with E-state index >= 15 is 0 Å². The maximum absolute atomic E-state index is 4.40. The molecule has 0 aromatic carbocycles. The standard InChI is InChI=1S/C12H18N6/c1-4-5-18-12(16-8-17-18)11(13-3)10-7-14-9(2)6-15-10/h6-8,11,13H,4-5H2,1-3H3. The van der Waals surface area contributed by atoms with Gasteiger partial charge >= 0.3 is 0 Å². The molecule has 0 radical (unpaired) electrons. The van der Waals surface area contributed by atoms with Crippen LogP contribution in [0.1, 0.15) is 36.6 Å². The molecule has 0 fully saturated rings. The molecule has 0 aliphatic heterocycles. The molecule has 0 aliphatic carbocycles. The summed E-state index contributed by atoms with van der Waals surface area (Å²) in [5.41, 5.74) is 1.76. The number of hydrogen-bond donors (Lipinski definition) is 1. The van der Waals surface area contributed by atoms with Crippen LogP contribution in [-0.2, 0) is 6.54 Å². The summed E-state index contributed by atoms with van der Waals surface area (Å²) in [6, 6.07) is -0.0767. The minimum atomic E-state index is -0.0767. The molecule has 0 bridgehead atoms. The molecule has 1 N–H and O–H groups in total. The lowest BCUT2D eigenvalue weighted by Crippen LogP contribution is -2.23. The van der Waals surface area contributed by atoms with Crippen molar-refractivity contribution < 1.29 is 0 Å². The Morgan fingerprint density at radius 1 is 1.28 bits per heavy atom. The summed E-state index contributed by atoms with van der Waals surface area (Å²) < 4.78 is 1.91. The zero-order valence-corrected chi connectivity index (χ0v) is 11.0. The van der Waals surface area contributed by atoms with Gasteiger partial charge in [-0.15, -0.1) is 0 Å². The fraction of sp³-hybridized carbons (Fsp3) is 0.500. The van der Waals surface area contributed by atoms with Crippen LogP contribution in [0.25, 0.3) is 0 Å². The highest BCUT2D eigenvalue weighted by Crippen LogP contribution is 2.17. The van der Waals surface area contributed by atoms with Crippen LogP contribution in [0, 0.1) is 6.92 Å². The molecule has 0 aliphatic rings. The van der Waals surface area contributed by atoms with Gasteiger partial charge in [0.1, 0.15) is 18.2 Å². The number of rotatable bonds is 5. The van der Waals surface area contributed by atoms with Crippen LogP contribution in [0.2, 0.25) is 0 Å². The first-order valence-corrected chi connectivity index (χ1v) is 6.09. The Kier molecular flexibility index (Phi) is 3.99. The molecule has 2 aromatic rings. The van der Waals surface area contributed by atoms with Crippen LogP contribution in [0.4, 0.5) is 0 Å². The predicted octanol–water partition coefficient (Wildman–Crippen LogP) is 1.10. The average molecular weight is 246 g/mol. The molecule has 2 aromatic heterocycles. The zero-order valence-electron chi connectivity index (χ0n) is 11.0. The van der Waals surface area contributed by atoms with Crippen LogP contribution < -0.4 is 5.32 Å². The first-order chi connectivity index (χ1) is 8.76. The van der Waals surface area contributed by atoms with Crippen LogP contribution in [0.5, 0.6) is 0 Å². The van der Waals surface area contributed by atoms with Crippen molar-refractivity contribution in [2.75, 3.05) is 7.05 Å². The molecular weight excluding hydrogens is 228 g/mol. The quantitative estimate of drug-likeness (QED) is 0.855. The van der Waals surface area contributed by atoms with E-state index in [-0.39, 0.29) is 6.04 Å². The average Bonchev–Trinajstić information content (AvgIpc) is 2.82. The second kappa shape index (κ2) is 5.68. The van der Waals surface area contributed by atoms with Gasteiger partial charge < -0.3 is 5.32 Å². The second-order valence-electron chi connectivity index (χ2n) is 4.15. The monoisotopic (exact) mass is 246 g/mol. The number of aromatic nitrogens is 5. The number of nitrogens with one attached hydrogen (secondary N) is 1. The smallest absolute Gasteiger partial charge is 0.150 e. The lowest BCUT2D eigenvalue weighted by atomic mass is 10.2. The lowest BCUT2D eigenvalue weighted by Gasteiger charge is -2.15. The summed E-state index contributed by atoms with van der Waals surface area (Å²) >= 11 is 0. The Hall–Kier alpha value is -1.82. The minimum Gasteiger partial charge on any atom is -0.305 e. The largest absolute Gasteiger partial charge is 0.305 e. The van der Waals surface area contributed by atoms with Gasteiger partial charge in [-0.2, -0.15) is 5.10 Å². The van der Waals surface area contributed by atoms with Gasteiger partial charge in [0.2, 0.25) is 0 Å².